The van der Waals surface area contributed by atoms with Gasteiger partial charge in [-0.2, -0.15) is 0 Å². The fourth-order valence-corrected chi connectivity index (χ4v) is 3.10. The number of alkyl carbamates (subject to hydrolysis) is 1. The Balaban J connectivity index is 1.43. The number of amides is 1. The fraction of sp³-hybridized carbons (Fsp3) is 0.562. The van der Waals surface area contributed by atoms with E-state index in [1.807, 2.05) is 30.3 Å². The predicted octanol–water partition coefficient (Wildman–Crippen LogP) is 1.82. The number of carbonyl (C=O) groups excluding carboxylic acids is 1. The molecule has 0 saturated carbocycles. The summed E-state index contributed by atoms with van der Waals surface area (Å²) in [5, 5.41) is 6.25. The van der Waals surface area contributed by atoms with Crippen molar-refractivity contribution in [3.63, 3.8) is 0 Å². The number of carbonyl (C=O) groups is 1. The Hall–Kier alpha value is -1.59. The zero-order valence-corrected chi connectivity index (χ0v) is 12.1. The molecule has 1 aromatic carbocycles. The summed E-state index contributed by atoms with van der Waals surface area (Å²) >= 11 is 0. The zero-order valence-electron chi connectivity index (χ0n) is 12.1. The third-order valence-electron chi connectivity index (χ3n) is 4.26. The van der Waals surface area contributed by atoms with Gasteiger partial charge in [0.25, 0.3) is 0 Å². The first kappa shape index (κ1) is 14.4. The second-order valence-corrected chi connectivity index (χ2v) is 5.85. The first-order chi connectivity index (χ1) is 10.3. The number of ether oxygens (including phenoxy) is 2. The van der Waals surface area contributed by atoms with E-state index in [4.69, 9.17) is 9.47 Å². The molecule has 2 heterocycles. The molecule has 3 rings (SSSR count). The molecule has 21 heavy (non-hydrogen) atoms. The van der Waals surface area contributed by atoms with Gasteiger partial charge in [0.2, 0.25) is 0 Å². The smallest absolute Gasteiger partial charge is 0.407 e. The van der Waals surface area contributed by atoms with E-state index in [0.717, 1.165) is 37.9 Å². The maximum absolute atomic E-state index is 11.8. The van der Waals surface area contributed by atoms with Crippen LogP contribution >= 0.6 is 0 Å². The highest BCUT2D eigenvalue weighted by atomic mass is 16.6. The number of nitrogens with one attached hydrogen (secondary N) is 2. The quantitative estimate of drug-likeness (QED) is 0.891. The van der Waals surface area contributed by atoms with Gasteiger partial charge in [-0.05, 0) is 37.9 Å². The van der Waals surface area contributed by atoms with Gasteiger partial charge < -0.3 is 20.1 Å². The van der Waals surface area contributed by atoms with Gasteiger partial charge in [-0.1, -0.05) is 30.3 Å². The lowest BCUT2D eigenvalue weighted by Crippen LogP contribution is -2.43. The molecule has 1 aromatic rings. The molecule has 1 amide bonds. The third-order valence-corrected chi connectivity index (χ3v) is 4.26. The molecule has 0 aromatic heterocycles. The second-order valence-electron chi connectivity index (χ2n) is 5.85. The summed E-state index contributed by atoms with van der Waals surface area (Å²) in [6, 6.07) is 9.75. The van der Waals surface area contributed by atoms with Crippen LogP contribution in [-0.2, 0) is 16.1 Å². The summed E-state index contributed by atoms with van der Waals surface area (Å²) in [5.74, 6) is 0. The first-order valence-electron chi connectivity index (χ1n) is 7.58. The van der Waals surface area contributed by atoms with Crippen LogP contribution in [0.5, 0.6) is 0 Å². The fourth-order valence-electron chi connectivity index (χ4n) is 3.10. The lowest BCUT2D eigenvalue weighted by Gasteiger charge is -2.32. The minimum atomic E-state index is -0.363. The third kappa shape index (κ3) is 3.74. The average molecular weight is 290 g/mol. The molecular formula is C16H22N2O3. The van der Waals surface area contributed by atoms with Gasteiger partial charge in [-0.3, -0.25) is 0 Å². The first-order valence-corrected chi connectivity index (χ1v) is 7.58. The Morgan fingerprint density at radius 2 is 2.10 bits per heavy atom. The minimum Gasteiger partial charge on any atom is -0.445 e. The van der Waals surface area contributed by atoms with Crippen LogP contribution in [-0.4, -0.2) is 37.4 Å². The van der Waals surface area contributed by atoms with Gasteiger partial charge >= 0.3 is 6.09 Å². The summed E-state index contributed by atoms with van der Waals surface area (Å²) in [7, 11) is 0. The average Bonchev–Trinajstić information content (AvgIpc) is 2.89. The van der Waals surface area contributed by atoms with Crippen molar-refractivity contribution in [1.82, 2.24) is 10.6 Å². The van der Waals surface area contributed by atoms with Crippen molar-refractivity contribution >= 4 is 6.09 Å². The molecule has 0 radical (unpaired) electrons. The summed E-state index contributed by atoms with van der Waals surface area (Å²) < 4.78 is 11.2. The van der Waals surface area contributed by atoms with Gasteiger partial charge in [-0.25, -0.2) is 4.79 Å². The van der Waals surface area contributed by atoms with E-state index in [2.05, 4.69) is 10.6 Å². The van der Waals surface area contributed by atoms with E-state index in [1.54, 1.807) is 0 Å². The van der Waals surface area contributed by atoms with Crippen molar-refractivity contribution in [2.75, 3.05) is 19.7 Å². The van der Waals surface area contributed by atoms with Gasteiger partial charge in [0, 0.05) is 0 Å². The van der Waals surface area contributed by atoms with Crippen LogP contribution in [0.3, 0.4) is 0 Å². The van der Waals surface area contributed by atoms with E-state index in [-0.39, 0.29) is 17.7 Å². The number of hydrogen-bond donors (Lipinski definition) is 2. The van der Waals surface area contributed by atoms with Crippen LogP contribution in [0.4, 0.5) is 4.79 Å². The van der Waals surface area contributed by atoms with Gasteiger partial charge in [0.05, 0.1) is 18.2 Å². The van der Waals surface area contributed by atoms with Crippen molar-refractivity contribution in [3.05, 3.63) is 35.9 Å². The Bertz CT molecular complexity index is 472. The molecular weight excluding hydrogens is 268 g/mol. The maximum Gasteiger partial charge on any atom is 0.407 e. The van der Waals surface area contributed by atoms with Crippen LogP contribution in [0.15, 0.2) is 30.3 Å². The van der Waals surface area contributed by atoms with Crippen LogP contribution in [0.2, 0.25) is 0 Å². The van der Waals surface area contributed by atoms with Gasteiger partial charge in [-0.15, -0.1) is 0 Å². The standard InChI is InChI=1S/C16H22N2O3/c19-15(20-11-13-4-2-1-3-5-13)18-14-10-16(21-12-14)6-8-17-9-7-16/h1-5,14,17H,6-12H2,(H,18,19). The molecule has 2 fully saturated rings. The Morgan fingerprint density at radius 1 is 1.33 bits per heavy atom. The summed E-state index contributed by atoms with van der Waals surface area (Å²) in [6.45, 7) is 2.87. The summed E-state index contributed by atoms with van der Waals surface area (Å²) in [6.07, 6.45) is 2.56. The molecule has 5 heteroatoms. The largest absolute Gasteiger partial charge is 0.445 e. The molecule has 1 spiro atoms. The predicted molar refractivity (Wildman–Crippen MR) is 79.0 cm³/mol. The molecule has 2 N–H and O–H groups in total. The van der Waals surface area contributed by atoms with Crippen LogP contribution in [0, 0.1) is 0 Å². The normalized spacial score (nSPS) is 23.9. The van der Waals surface area contributed by atoms with Crippen molar-refractivity contribution in [3.8, 4) is 0 Å². The SMILES string of the molecule is O=C(NC1COC2(CCNCC2)C1)OCc1ccccc1. The minimum absolute atomic E-state index is 0.0391. The molecule has 0 aliphatic carbocycles. The molecule has 2 saturated heterocycles. The van der Waals surface area contributed by atoms with E-state index in [1.165, 1.54) is 0 Å². The Labute approximate surface area is 125 Å². The van der Waals surface area contributed by atoms with E-state index in [0.29, 0.717) is 13.2 Å². The molecule has 1 unspecified atom stereocenters. The van der Waals surface area contributed by atoms with Crippen molar-refractivity contribution < 1.29 is 14.3 Å². The Morgan fingerprint density at radius 3 is 2.86 bits per heavy atom. The summed E-state index contributed by atoms with van der Waals surface area (Å²) in [4.78, 5) is 11.8. The Kier molecular flexibility index (Phi) is 4.41. The maximum atomic E-state index is 11.8. The highest BCUT2D eigenvalue weighted by molar-refractivity contribution is 5.67. The van der Waals surface area contributed by atoms with Crippen molar-refractivity contribution in [2.45, 2.75) is 37.5 Å². The lowest BCUT2D eigenvalue weighted by atomic mass is 9.88. The number of benzene rings is 1. The van der Waals surface area contributed by atoms with Gasteiger partial charge in [0.1, 0.15) is 6.61 Å². The molecule has 114 valence electrons. The van der Waals surface area contributed by atoms with E-state index in [9.17, 15) is 4.79 Å². The highest BCUT2D eigenvalue weighted by Crippen LogP contribution is 2.33. The zero-order chi connectivity index (χ0) is 14.5. The molecule has 1 atom stereocenters. The van der Waals surface area contributed by atoms with E-state index >= 15 is 0 Å². The van der Waals surface area contributed by atoms with Crippen LogP contribution in [0.25, 0.3) is 0 Å². The number of hydrogen-bond acceptors (Lipinski definition) is 4. The van der Waals surface area contributed by atoms with Crippen molar-refractivity contribution in [1.29, 1.82) is 0 Å². The molecule has 5 nitrogen and oxygen atoms in total. The van der Waals surface area contributed by atoms with Crippen LogP contribution in [0.1, 0.15) is 24.8 Å². The summed E-state index contributed by atoms with van der Waals surface area (Å²) in [5.41, 5.74) is 0.952. The van der Waals surface area contributed by atoms with Gasteiger partial charge in [0.15, 0.2) is 0 Å². The molecule has 2 aliphatic rings. The molecule has 2 aliphatic heterocycles. The van der Waals surface area contributed by atoms with Crippen LogP contribution < -0.4 is 10.6 Å². The second kappa shape index (κ2) is 6.45. The van der Waals surface area contributed by atoms with E-state index < -0.39 is 0 Å². The van der Waals surface area contributed by atoms with Crippen molar-refractivity contribution in [2.24, 2.45) is 0 Å². The topological polar surface area (TPSA) is 59.6 Å². The highest BCUT2D eigenvalue weighted by Gasteiger charge is 2.41. The number of rotatable bonds is 3. The molecule has 0 bridgehead atoms. The monoisotopic (exact) mass is 290 g/mol. The number of piperidine rings is 1. The lowest BCUT2D eigenvalue weighted by molar-refractivity contribution is -0.0194.